The standard InChI is InChI=1S/C18H21N3O4S/c1-19-16(22)14(17(23)20(2)18(19)26)10-12-4-5-13(11-15(12)24-3)21-6-8-25-9-7-21/h4-5,10-11H,6-9H2,1-3H3. The van der Waals surface area contributed by atoms with Crippen molar-refractivity contribution in [2.75, 3.05) is 52.4 Å². The van der Waals surface area contributed by atoms with Gasteiger partial charge in [0.05, 0.1) is 20.3 Å². The van der Waals surface area contributed by atoms with Crippen LogP contribution in [0.2, 0.25) is 0 Å². The molecule has 0 saturated carbocycles. The first-order valence-electron chi connectivity index (χ1n) is 8.26. The molecule has 2 fully saturated rings. The lowest BCUT2D eigenvalue weighted by atomic mass is 10.1. The Morgan fingerprint density at radius 3 is 2.31 bits per heavy atom. The van der Waals surface area contributed by atoms with Crippen LogP contribution < -0.4 is 9.64 Å². The number of nitrogens with zero attached hydrogens (tertiary/aromatic N) is 3. The number of likely N-dealkylation sites (N-methyl/N-ethyl adjacent to an activating group) is 2. The summed E-state index contributed by atoms with van der Waals surface area (Å²) in [6.45, 7) is 3.01. The van der Waals surface area contributed by atoms with E-state index in [1.807, 2.05) is 18.2 Å². The molecule has 0 radical (unpaired) electrons. The van der Waals surface area contributed by atoms with Gasteiger partial charge in [-0.05, 0) is 30.4 Å². The van der Waals surface area contributed by atoms with Crippen LogP contribution in [0.15, 0.2) is 23.8 Å². The van der Waals surface area contributed by atoms with Crippen LogP contribution in [0, 0.1) is 0 Å². The van der Waals surface area contributed by atoms with Crippen LogP contribution in [0.1, 0.15) is 5.56 Å². The third-order valence-corrected chi connectivity index (χ3v) is 5.08. The highest BCUT2D eigenvalue weighted by Gasteiger charge is 2.35. The van der Waals surface area contributed by atoms with Gasteiger partial charge in [-0.15, -0.1) is 0 Å². The van der Waals surface area contributed by atoms with Gasteiger partial charge in [0, 0.05) is 44.5 Å². The summed E-state index contributed by atoms with van der Waals surface area (Å²) in [6, 6.07) is 5.72. The van der Waals surface area contributed by atoms with Gasteiger partial charge in [0.1, 0.15) is 11.3 Å². The molecule has 0 atom stereocenters. The van der Waals surface area contributed by atoms with Gasteiger partial charge in [0.25, 0.3) is 11.8 Å². The first-order valence-corrected chi connectivity index (χ1v) is 8.67. The van der Waals surface area contributed by atoms with E-state index < -0.39 is 11.8 Å². The van der Waals surface area contributed by atoms with Crippen LogP contribution in [0.3, 0.4) is 0 Å². The quantitative estimate of drug-likeness (QED) is 0.448. The predicted octanol–water partition coefficient (Wildman–Crippen LogP) is 1.13. The molecule has 8 heteroatoms. The molecule has 2 aliphatic heterocycles. The number of carbonyl (C=O) groups is 2. The second-order valence-corrected chi connectivity index (χ2v) is 6.46. The molecule has 1 aromatic carbocycles. The monoisotopic (exact) mass is 375 g/mol. The molecule has 2 amide bonds. The fourth-order valence-electron chi connectivity index (χ4n) is 2.97. The fraction of sp³-hybridized carbons (Fsp3) is 0.389. The second kappa shape index (κ2) is 7.43. The van der Waals surface area contributed by atoms with Gasteiger partial charge in [-0.3, -0.25) is 19.4 Å². The van der Waals surface area contributed by atoms with Gasteiger partial charge >= 0.3 is 0 Å². The van der Waals surface area contributed by atoms with Gasteiger partial charge in [0.2, 0.25) is 0 Å². The minimum Gasteiger partial charge on any atom is -0.496 e. The topological polar surface area (TPSA) is 62.3 Å². The Labute approximate surface area is 157 Å². The van der Waals surface area contributed by atoms with Gasteiger partial charge < -0.3 is 14.4 Å². The molecule has 3 rings (SSSR count). The maximum absolute atomic E-state index is 12.5. The Morgan fingerprint density at radius 2 is 1.73 bits per heavy atom. The van der Waals surface area contributed by atoms with Crippen LogP contribution in [0.4, 0.5) is 5.69 Å². The fourth-order valence-corrected chi connectivity index (χ4v) is 3.13. The molecule has 0 N–H and O–H groups in total. The number of rotatable bonds is 3. The smallest absolute Gasteiger partial charge is 0.265 e. The molecular weight excluding hydrogens is 354 g/mol. The van der Waals surface area contributed by atoms with Crippen molar-refractivity contribution in [1.29, 1.82) is 0 Å². The number of amides is 2. The first kappa shape index (κ1) is 18.3. The summed E-state index contributed by atoms with van der Waals surface area (Å²) in [4.78, 5) is 29.7. The molecule has 0 spiro atoms. The summed E-state index contributed by atoms with van der Waals surface area (Å²) >= 11 is 5.10. The summed E-state index contributed by atoms with van der Waals surface area (Å²) in [7, 11) is 4.68. The average Bonchev–Trinajstić information content (AvgIpc) is 2.69. The highest BCUT2D eigenvalue weighted by atomic mass is 32.1. The lowest BCUT2D eigenvalue weighted by Gasteiger charge is -2.32. The van der Waals surface area contributed by atoms with Crippen molar-refractivity contribution in [3.05, 3.63) is 29.3 Å². The van der Waals surface area contributed by atoms with Crippen LogP contribution in [0.5, 0.6) is 5.75 Å². The third-order valence-electron chi connectivity index (χ3n) is 4.54. The van der Waals surface area contributed by atoms with Gasteiger partial charge in [-0.2, -0.15) is 0 Å². The SMILES string of the molecule is COc1cc(N2CCOCC2)ccc1C=C1C(=O)N(C)C(=S)N(C)C1=O. The Hall–Kier alpha value is -2.45. The van der Waals surface area contributed by atoms with Gasteiger partial charge in [0.15, 0.2) is 5.11 Å². The zero-order valence-corrected chi connectivity index (χ0v) is 15.8. The summed E-state index contributed by atoms with van der Waals surface area (Å²) < 4.78 is 10.9. The third kappa shape index (κ3) is 3.30. The van der Waals surface area contributed by atoms with E-state index in [-0.39, 0.29) is 10.7 Å². The number of benzene rings is 1. The Morgan fingerprint density at radius 1 is 1.12 bits per heavy atom. The highest BCUT2D eigenvalue weighted by Crippen LogP contribution is 2.29. The molecule has 2 saturated heterocycles. The molecule has 7 nitrogen and oxygen atoms in total. The van der Waals surface area contributed by atoms with Crippen molar-refractivity contribution in [3.63, 3.8) is 0 Å². The number of hydrogen-bond acceptors (Lipinski definition) is 6. The van der Waals surface area contributed by atoms with Crippen molar-refractivity contribution in [2.24, 2.45) is 0 Å². The molecule has 0 aromatic heterocycles. The Kier molecular flexibility index (Phi) is 5.24. The van der Waals surface area contributed by atoms with E-state index in [1.165, 1.54) is 9.80 Å². The normalized spacial score (nSPS) is 18.5. The molecule has 2 heterocycles. The van der Waals surface area contributed by atoms with E-state index in [2.05, 4.69) is 4.90 Å². The number of carbonyl (C=O) groups excluding carboxylic acids is 2. The second-order valence-electron chi connectivity index (χ2n) is 6.09. The predicted molar refractivity (Wildman–Crippen MR) is 102 cm³/mol. The van der Waals surface area contributed by atoms with E-state index in [9.17, 15) is 9.59 Å². The molecule has 1 aromatic rings. The summed E-state index contributed by atoms with van der Waals surface area (Å²) in [5.41, 5.74) is 1.74. The molecule has 0 unspecified atom stereocenters. The molecule has 2 aliphatic rings. The molecule has 0 bridgehead atoms. The molecule has 0 aliphatic carbocycles. The van der Waals surface area contributed by atoms with E-state index in [4.69, 9.17) is 21.7 Å². The van der Waals surface area contributed by atoms with Crippen molar-refractivity contribution >= 4 is 40.9 Å². The minimum absolute atomic E-state index is 0.0565. The highest BCUT2D eigenvalue weighted by molar-refractivity contribution is 7.80. The maximum Gasteiger partial charge on any atom is 0.265 e. The number of anilines is 1. The van der Waals surface area contributed by atoms with Gasteiger partial charge in [-0.1, -0.05) is 0 Å². The number of morpholine rings is 1. The van der Waals surface area contributed by atoms with E-state index in [1.54, 1.807) is 27.3 Å². The largest absolute Gasteiger partial charge is 0.496 e. The number of hydrogen-bond donors (Lipinski definition) is 0. The zero-order chi connectivity index (χ0) is 18.8. The van der Waals surface area contributed by atoms with Crippen LogP contribution >= 0.6 is 12.2 Å². The zero-order valence-electron chi connectivity index (χ0n) is 15.0. The maximum atomic E-state index is 12.5. The minimum atomic E-state index is -0.419. The lowest BCUT2D eigenvalue weighted by molar-refractivity contribution is -0.132. The van der Waals surface area contributed by atoms with Crippen molar-refractivity contribution in [2.45, 2.75) is 0 Å². The van der Waals surface area contributed by atoms with E-state index in [0.717, 1.165) is 18.8 Å². The summed E-state index contributed by atoms with van der Waals surface area (Å²) in [5.74, 6) is -0.240. The number of methoxy groups -OCH3 is 1. The molecule has 26 heavy (non-hydrogen) atoms. The number of thiocarbonyl (C=S) groups is 1. The molecular formula is C18H21N3O4S. The average molecular weight is 375 g/mol. The van der Waals surface area contributed by atoms with Crippen molar-refractivity contribution in [3.8, 4) is 5.75 Å². The van der Waals surface area contributed by atoms with Crippen LogP contribution in [-0.4, -0.2) is 74.2 Å². The Balaban J connectivity index is 1.95. The van der Waals surface area contributed by atoms with Crippen molar-refractivity contribution < 1.29 is 19.1 Å². The van der Waals surface area contributed by atoms with Crippen molar-refractivity contribution in [1.82, 2.24) is 9.80 Å². The summed E-state index contributed by atoms with van der Waals surface area (Å²) in [6.07, 6.45) is 1.56. The van der Waals surface area contributed by atoms with Crippen LogP contribution in [-0.2, 0) is 14.3 Å². The first-order chi connectivity index (χ1) is 12.4. The summed E-state index contributed by atoms with van der Waals surface area (Å²) in [5, 5.41) is 0.187. The lowest BCUT2D eigenvalue weighted by Crippen LogP contribution is -2.52. The molecule has 138 valence electrons. The van der Waals surface area contributed by atoms with Crippen LogP contribution in [0.25, 0.3) is 6.08 Å². The van der Waals surface area contributed by atoms with Gasteiger partial charge in [-0.25, -0.2) is 0 Å². The van der Waals surface area contributed by atoms with E-state index in [0.29, 0.717) is 24.5 Å². The van der Waals surface area contributed by atoms with E-state index >= 15 is 0 Å². The number of ether oxygens (including phenoxy) is 2. The Bertz CT molecular complexity index is 761.